The van der Waals surface area contributed by atoms with E-state index >= 15 is 0 Å². The maximum absolute atomic E-state index is 13.9. The summed E-state index contributed by atoms with van der Waals surface area (Å²) >= 11 is 3.17. The van der Waals surface area contributed by atoms with Crippen molar-refractivity contribution in [3.05, 3.63) is 63.6 Å². The molecule has 1 aliphatic rings. The van der Waals surface area contributed by atoms with Crippen molar-refractivity contribution in [2.24, 2.45) is 5.16 Å². The summed E-state index contributed by atoms with van der Waals surface area (Å²) < 4.78 is 80.8. The highest BCUT2D eigenvalue weighted by atomic mass is 79.9. The number of oxime groups is 1. The second kappa shape index (κ2) is 6.43. The summed E-state index contributed by atoms with van der Waals surface area (Å²) in [6, 6.07) is 7.38. The lowest BCUT2D eigenvalue weighted by atomic mass is 9.86. The smallest absolute Gasteiger partial charge is 0.398 e. The molecule has 27 heavy (non-hydrogen) atoms. The number of nitrogens with zero attached hydrogens (tertiary/aromatic N) is 1. The summed E-state index contributed by atoms with van der Waals surface area (Å²) in [7, 11) is 0. The zero-order valence-corrected chi connectivity index (χ0v) is 14.9. The Hall–Kier alpha value is -2.23. The van der Waals surface area contributed by atoms with Crippen LogP contribution in [0.15, 0.2) is 52.1 Å². The molecule has 3 rings (SSSR count). The van der Waals surface area contributed by atoms with Gasteiger partial charge in [0.2, 0.25) is 0 Å². The van der Waals surface area contributed by atoms with Gasteiger partial charge in [0.15, 0.2) is 0 Å². The average molecular weight is 453 g/mol. The Kier molecular flexibility index (Phi) is 4.65. The monoisotopic (exact) mass is 452 g/mol. The molecule has 0 aliphatic carbocycles. The Labute approximate surface area is 157 Å². The molecule has 0 spiro atoms. The van der Waals surface area contributed by atoms with Crippen molar-refractivity contribution in [2.75, 3.05) is 5.73 Å². The molecule has 0 fully saturated rings. The van der Waals surface area contributed by atoms with E-state index in [9.17, 15) is 26.3 Å². The minimum Gasteiger partial charge on any atom is -0.398 e. The molecule has 1 unspecified atom stereocenters. The summed E-state index contributed by atoms with van der Waals surface area (Å²) in [4.78, 5) is 4.74. The van der Waals surface area contributed by atoms with Gasteiger partial charge in [0.25, 0.3) is 5.60 Å². The van der Waals surface area contributed by atoms with E-state index in [-0.39, 0.29) is 5.71 Å². The van der Waals surface area contributed by atoms with E-state index in [1.54, 1.807) is 0 Å². The summed E-state index contributed by atoms with van der Waals surface area (Å²) in [6.07, 6.45) is -10.5. The topological polar surface area (TPSA) is 47.6 Å². The standard InChI is InChI=1S/C17H11BrF6N2O/c18-12-6-9(4-5-13(12)25)14-8-15(27-26-14,17(22,23)24)10-2-1-3-11(7-10)16(19,20)21/h1-7H,8,25H2. The van der Waals surface area contributed by atoms with Crippen LogP contribution in [0.1, 0.15) is 23.1 Å². The van der Waals surface area contributed by atoms with Gasteiger partial charge in [-0.25, -0.2) is 0 Å². The van der Waals surface area contributed by atoms with Crippen LogP contribution in [0.3, 0.4) is 0 Å². The molecule has 144 valence electrons. The maximum Gasteiger partial charge on any atom is 0.435 e. The molecule has 0 saturated carbocycles. The summed E-state index contributed by atoms with van der Waals surface area (Å²) in [6.45, 7) is 0. The van der Waals surface area contributed by atoms with E-state index in [4.69, 9.17) is 10.6 Å². The SMILES string of the molecule is Nc1ccc(C2=NOC(c3cccc(C(F)(F)F)c3)(C(F)(F)F)C2)cc1Br. The Morgan fingerprint density at radius 1 is 1.04 bits per heavy atom. The molecule has 0 aromatic heterocycles. The molecule has 2 aromatic carbocycles. The lowest BCUT2D eigenvalue weighted by Crippen LogP contribution is -2.42. The fourth-order valence-electron chi connectivity index (χ4n) is 2.71. The quantitative estimate of drug-likeness (QED) is 0.473. The Morgan fingerprint density at radius 3 is 2.33 bits per heavy atom. The van der Waals surface area contributed by atoms with Gasteiger partial charge in [-0.3, -0.25) is 0 Å². The number of nitrogens with two attached hydrogens (primary N) is 1. The molecule has 0 amide bonds. The van der Waals surface area contributed by atoms with Crippen LogP contribution < -0.4 is 5.73 Å². The molecular formula is C17H11BrF6N2O. The molecule has 0 bridgehead atoms. The number of benzene rings is 2. The average Bonchev–Trinajstić information content (AvgIpc) is 3.03. The summed E-state index contributed by atoms with van der Waals surface area (Å²) in [5.41, 5.74) is 1.42. The van der Waals surface area contributed by atoms with Gasteiger partial charge in [0.1, 0.15) is 0 Å². The normalized spacial score (nSPS) is 20.3. The van der Waals surface area contributed by atoms with Crippen LogP contribution in [0.25, 0.3) is 0 Å². The fraction of sp³-hybridized carbons (Fsp3) is 0.235. The third kappa shape index (κ3) is 3.50. The summed E-state index contributed by atoms with van der Waals surface area (Å²) in [5, 5.41) is 3.52. The lowest BCUT2D eigenvalue weighted by Gasteiger charge is -2.30. The molecule has 1 atom stereocenters. The van der Waals surface area contributed by atoms with E-state index in [0.29, 0.717) is 27.9 Å². The third-order valence-corrected chi connectivity index (χ3v) is 4.86. The first-order valence-electron chi connectivity index (χ1n) is 7.49. The second-order valence-corrected chi connectivity index (χ2v) is 6.80. The van der Waals surface area contributed by atoms with Crippen molar-refractivity contribution in [1.29, 1.82) is 0 Å². The summed E-state index contributed by atoms with van der Waals surface area (Å²) in [5.74, 6) is 0. The first kappa shape index (κ1) is 19.5. The van der Waals surface area contributed by atoms with Gasteiger partial charge in [0.05, 0.1) is 11.3 Å². The zero-order valence-electron chi connectivity index (χ0n) is 13.3. The van der Waals surface area contributed by atoms with Crippen LogP contribution in [-0.4, -0.2) is 11.9 Å². The van der Waals surface area contributed by atoms with E-state index in [0.717, 1.165) is 12.1 Å². The van der Waals surface area contributed by atoms with E-state index in [1.807, 2.05) is 0 Å². The number of halogens is 7. The highest BCUT2D eigenvalue weighted by molar-refractivity contribution is 9.10. The van der Waals surface area contributed by atoms with Crippen LogP contribution in [0.5, 0.6) is 0 Å². The highest BCUT2D eigenvalue weighted by Crippen LogP contribution is 2.49. The van der Waals surface area contributed by atoms with Gasteiger partial charge in [-0.1, -0.05) is 23.4 Å². The van der Waals surface area contributed by atoms with E-state index in [1.165, 1.54) is 18.2 Å². The first-order chi connectivity index (χ1) is 12.4. The minimum absolute atomic E-state index is 0.0505. The third-order valence-electron chi connectivity index (χ3n) is 4.18. The molecule has 2 N–H and O–H groups in total. The largest absolute Gasteiger partial charge is 0.435 e. The second-order valence-electron chi connectivity index (χ2n) is 5.95. The van der Waals surface area contributed by atoms with Crippen LogP contribution in [0.2, 0.25) is 0 Å². The number of anilines is 1. The zero-order chi connectivity index (χ0) is 20.0. The Balaban J connectivity index is 2.04. The first-order valence-corrected chi connectivity index (χ1v) is 8.28. The lowest BCUT2D eigenvalue weighted by molar-refractivity contribution is -0.276. The van der Waals surface area contributed by atoms with Crippen LogP contribution in [-0.2, 0) is 16.6 Å². The number of alkyl halides is 6. The van der Waals surface area contributed by atoms with Crippen molar-refractivity contribution < 1.29 is 31.2 Å². The predicted octanol–water partition coefficient (Wildman–Crippen LogP) is 5.63. The minimum atomic E-state index is -4.99. The van der Waals surface area contributed by atoms with Gasteiger partial charge in [-0.15, -0.1) is 0 Å². The molecule has 1 heterocycles. The van der Waals surface area contributed by atoms with Crippen molar-refractivity contribution in [1.82, 2.24) is 0 Å². The van der Waals surface area contributed by atoms with Crippen LogP contribution in [0.4, 0.5) is 32.0 Å². The molecule has 10 heteroatoms. The van der Waals surface area contributed by atoms with Crippen LogP contribution >= 0.6 is 15.9 Å². The Bertz CT molecular complexity index is 909. The number of hydrogen-bond donors (Lipinski definition) is 1. The molecule has 3 nitrogen and oxygen atoms in total. The predicted molar refractivity (Wildman–Crippen MR) is 90.0 cm³/mol. The van der Waals surface area contributed by atoms with Gasteiger partial charge in [-0.2, -0.15) is 26.3 Å². The maximum atomic E-state index is 13.9. The van der Waals surface area contributed by atoms with Crippen molar-refractivity contribution in [3.63, 3.8) is 0 Å². The van der Waals surface area contributed by atoms with Gasteiger partial charge < -0.3 is 10.6 Å². The van der Waals surface area contributed by atoms with Gasteiger partial charge in [0, 0.05) is 27.7 Å². The number of hydrogen-bond acceptors (Lipinski definition) is 3. The molecule has 0 radical (unpaired) electrons. The van der Waals surface area contributed by atoms with Crippen molar-refractivity contribution in [3.8, 4) is 0 Å². The highest BCUT2D eigenvalue weighted by Gasteiger charge is 2.62. The number of nitrogen functional groups attached to an aromatic ring is 1. The molecular weight excluding hydrogens is 442 g/mol. The van der Waals surface area contributed by atoms with Gasteiger partial charge in [-0.05, 0) is 40.2 Å². The fourth-order valence-corrected chi connectivity index (χ4v) is 3.09. The van der Waals surface area contributed by atoms with Crippen molar-refractivity contribution >= 4 is 27.3 Å². The van der Waals surface area contributed by atoms with E-state index in [2.05, 4.69) is 21.1 Å². The van der Waals surface area contributed by atoms with Crippen LogP contribution in [0, 0.1) is 0 Å². The number of rotatable bonds is 2. The van der Waals surface area contributed by atoms with Gasteiger partial charge >= 0.3 is 12.4 Å². The molecule has 1 aliphatic heterocycles. The molecule has 0 saturated heterocycles. The molecule has 2 aromatic rings. The van der Waals surface area contributed by atoms with Crippen molar-refractivity contribution in [2.45, 2.75) is 24.4 Å². The Morgan fingerprint density at radius 2 is 1.74 bits per heavy atom. The van der Waals surface area contributed by atoms with E-state index < -0.39 is 35.5 Å².